The molecule has 3 heteroatoms. The molecular formula is C15H19NO2. The third-order valence-electron chi connectivity index (χ3n) is 3.48. The fourth-order valence-electron chi connectivity index (χ4n) is 2.47. The molecule has 0 amide bonds. The molecule has 0 bridgehead atoms. The number of nitrogens with zero attached hydrogens (tertiary/aromatic N) is 1. The summed E-state index contributed by atoms with van der Waals surface area (Å²) in [5.74, 6) is -1.08. The number of carbonyl (C=O) groups is 1. The summed E-state index contributed by atoms with van der Waals surface area (Å²) in [7, 11) is 0. The first kappa shape index (κ1) is 12.7. The van der Waals surface area contributed by atoms with Gasteiger partial charge in [0, 0.05) is 23.6 Å². The molecule has 1 atom stereocenters. The number of rotatable bonds is 4. The average Bonchev–Trinajstić information content (AvgIpc) is 2.68. The van der Waals surface area contributed by atoms with Gasteiger partial charge < -0.3 is 9.67 Å². The Labute approximate surface area is 107 Å². The maximum atomic E-state index is 11.0. The van der Waals surface area contributed by atoms with Crippen LogP contribution in [-0.2, 0) is 17.8 Å². The minimum Gasteiger partial charge on any atom is -0.481 e. The van der Waals surface area contributed by atoms with Gasteiger partial charge in [0.05, 0.1) is 5.92 Å². The number of aliphatic carboxylic acids is 1. The fourth-order valence-corrected chi connectivity index (χ4v) is 2.47. The minimum absolute atomic E-state index is 0.347. The van der Waals surface area contributed by atoms with Crippen molar-refractivity contribution in [2.45, 2.75) is 33.7 Å². The van der Waals surface area contributed by atoms with E-state index in [4.69, 9.17) is 5.11 Å². The van der Waals surface area contributed by atoms with Crippen LogP contribution in [0.4, 0.5) is 0 Å². The molecule has 1 heterocycles. The number of benzene rings is 1. The molecule has 1 aromatic carbocycles. The molecule has 1 unspecified atom stereocenters. The van der Waals surface area contributed by atoms with Crippen molar-refractivity contribution in [3.05, 3.63) is 35.5 Å². The second kappa shape index (κ2) is 4.84. The van der Waals surface area contributed by atoms with E-state index in [0.29, 0.717) is 6.42 Å². The first-order valence-electron chi connectivity index (χ1n) is 6.34. The largest absolute Gasteiger partial charge is 0.481 e. The zero-order valence-electron chi connectivity index (χ0n) is 11.1. The van der Waals surface area contributed by atoms with Gasteiger partial charge in [-0.05, 0) is 37.5 Å². The quantitative estimate of drug-likeness (QED) is 0.898. The van der Waals surface area contributed by atoms with Gasteiger partial charge in [-0.2, -0.15) is 0 Å². The number of fused-ring (bicyclic) bond motifs is 1. The van der Waals surface area contributed by atoms with Crippen molar-refractivity contribution in [3.63, 3.8) is 0 Å². The second-order valence-electron chi connectivity index (χ2n) is 4.85. The number of carboxylic acids is 1. The lowest BCUT2D eigenvalue weighted by atomic mass is 9.99. The lowest BCUT2D eigenvalue weighted by Crippen LogP contribution is -2.12. The molecule has 1 aromatic heterocycles. The highest BCUT2D eigenvalue weighted by Gasteiger charge is 2.16. The topological polar surface area (TPSA) is 42.2 Å². The van der Waals surface area contributed by atoms with Crippen LogP contribution in [0, 0.1) is 12.8 Å². The molecule has 0 spiro atoms. The van der Waals surface area contributed by atoms with Crippen molar-refractivity contribution in [1.82, 2.24) is 4.57 Å². The van der Waals surface area contributed by atoms with Crippen LogP contribution in [0.5, 0.6) is 0 Å². The van der Waals surface area contributed by atoms with Gasteiger partial charge in [-0.3, -0.25) is 4.79 Å². The average molecular weight is 245 g/mol. The van der Waals surface area contributed by atoms with Crippen LogP contribution in [0.2, 0.25) is 0 Å². The van der Waals surface area contributed by atoms with Gasteiger partial charge in [-0.1, -0.05) is 19.1 Å². The van der Waals surface area contributed by atoms with Crippen LogP contribution < -0.4 is 0 Å². The Balaban J connectivity index is 2.53. The summed E-state index contributed by atoms with van der Waals surface area (Å²) >= 11 is 0. The molecule has 3 nitrogen and oxygen atoms in total. The SMILES string of the molecule is CCn1cc(CC(C)C(=O)O)c2c(C)cccc21. The lowest BCUT2D eigenvalue weighted by Gasteiger charge is -2.05. The summed E-state index contributed by atoms with van der Waals surface area (Å²) in [4.78, 5) is 11.0. The summed E-state index contributed by atoms with van der Waals surface area (Å²) < 4.78 is 2.19. The van der Waals surface area contributed by atoms with E-state index in [-0.39, 0.29) is 5.92 Å². The zero-order chi connectivity index (χ0) is 13.3. The van der Waals surface area contributed by atoms with Crippen molar-refractivity contribution in [3.8, 4) is 0 Å². The van der Waals surface area contributed by atoms with Crippen LogP contribution >= 0.6 is 0 Å². The third kappa shape index (κ3) is 2.13. The normalized spacial score (nSPS) is 12.8. The highest BCUT2D eigenvalue weighted by atomic mass is 16.4. The number of hydrogen-bond donors (Lipinski definition) is 1. The van der Waals surface area contributed by atoms with Crippen LogP contribution in [0.25, 0.3) is 10.9 Å². The molecule has 1 N–H and O–H groups in total. The molecule has 0 aliphatic rings. The molecule has 0 saturated carbocycles. The van der Waals surface area contributed by atoms with E-state index in [1.54, 1.807) is 6.92 Å². The van der Waals surface area contributed by atoms with Crippen molar-refractivity contribution in [2.24, 2.45) is 5.92 Å². The summed E-state index contributed by atoms with van der Waals surface area (Å²) in [5, 5.41) is 10.3. The van der Waals surface area contributed by atoms with Gasteiger partial charge in [-0.25, -0.2) is 0 Å². The number of aromatic nitrogens is 1. The molecule has 2 rings (SSSR count). The Bertz CT molecular complexity index is 583. The number of aryl methyl sites for hydroxylation is 2. The van der Waals surface area contributed by atoms with E-state index in [9.17, 15) is 4.79 Å². The molecule has 96 valence electrons. The Morgan fingerprint density at radius 1 is 1.44 bits per heavy atom. The highest BCUT2D eigenvalue weighted by Crippen LogP contribution is 2.27. The predicted octanol–water partition coefficient (Wildman–Crippen LogP) is 3.23. The smallest absolute Gasteiger partial charge is 0.306 e. The standard InChI is InChI=1S/C15H19NO2/c1-4-16-9-12(8-11(3)15(17)18)14-10(2)6-5-7-13(14)16/h5-7,9,11H,4,8H2,1-3H3,(H,17,18). The highest BCUT2D eigenvalue weighted by molar-refractivity contribution is 5.87. The third-order valence-corrected chi connectivity index (χ3v) is 3.48. The Kier molecular flexibility index (Phi) is 3.41. The van der Waals surface area contributed by atoms with E-state index >= 15 is 0 Å². The monoisotopic (exact) mass is 245 g/mol. The summed E-state index contributed by atoms with van der Waals surface area (Å²) in [5.41, 5.74) is 3.55. The summed E-state index contributed by atoms with van der Waals surface area (Å²) in [6.07, 6.45) is 2.68. The van der Waals surface area contributed by atoms with Crippen molar-refractivity contribution in [1.29, 1.82) is 0 Å². The van der Waals surface area contributed by atoms with Gasteiger partial charge in [0.15, 0.2) is 0 Å². The Hall–Kier alpha value is -1.77. The maximum Gasteiger partial charge on any atom is 0.306 e. The maximum absolute atomic E-state index is 11.0. The second-order valence-corrected chi connectivity index (χ2v) is 4.85. The van der Waals surface area contributed by atoms with Crippen molar-refractivity contribution in [2.75, 3.05) is 0 Å². The summed E-state index contributed by atoms with van der Waals surface area (Å²) in [6.45, 7) is 6.85. The van der Waals surface area contributed by atoms with Gasteiger partial charge in [-0.15, -0.1) is 0 Å². The van der Waals surface area contributed by atoms with Gasteiger partial charge in [0.1, 0.15) is 0 Å². The van der Waals surface area contributed by atoms with Gasteiger partial charge >= 0.3 is 5.97 Å². The molecule has 0 fully saturated rings. The van der Waals surface area contributed by atoms with Crippen LogP contribution in [0.15, 0.2) is 24.4 Å². The number of hydrogen-bond acceptors (Lipinski definition) is 1. The van der Waals surface area contributed by atoms with Crippen LogP contribution in [0.3, 0.4) is 0 Å². The van der Waals surface area contributed by atoms with E-state index < -0.39 is 5.97 Å². The first-order valence-corrected chi connectivity index (χ1v) is 6.34. The van der Waals surface area contributed by atoms with E-state index in [1.807, 2.05) is 6.07 Å². The molecule has 0 saturated heterocycles. The van der Waals surface area contributed by atoms with Crippen molar-refractivity contribution >= 4 is 16.9 Å². The molecule has 18 heavy (non-hydrogen) atoms. The van der Waals surface area contributed by atoms with Gasteiger partial charge in [0.25, 0.3) is 0 Å². The number of carboxylic acid groups (broad SMARTS) is 1. The predicted molar refractivity (Wildman–Crippen MR) is 72.9 cm³/mol. The van der Waals surface area contributed by atoms with E-state index in [0.717, 1.165) is 12.1 Å². The van der Waals surface area contributed by atoms with E-state index in [1.165, 1.54) is 16.5 Å². The molecular weight excluding hydrogens is 226 g/mol. The van der Waals surface area contributed by atoms with E-state index in [2.05, 4.69) is 36.7 Å². The fraction of sp³-hybridized carbons (Fsp3) is 0.400. The minimum atomic E-state index is -0.735. The molecule has 2 aromatic rings. The van der Waals surface area contributed by atoms with Crippen LogP contribution in [0.1, 0.15) is 25.0 Å². The Morgan fingerprint density at radius 2 is 2.17 bits per heavy atom. The molecule has 0 radical (unpaired) electrons. The van der Waals surface area contributed by atoms with Crippen LogP contribution in [-0.4, -0.2) is 15.6 Å². The Morgan fingerprint density at radius 3 is 2.78 bits per heavy atom. The van der Waals surface area contributed by atoms with Gasteiger partial charge in [0.2, 0.25) is 0 Å². The first-order chi connectivity index (χ1) is 8.54. The molecule has 0 aliphatic carbocycles. The lowest BCUT2D eigenvalue weighted by molar-refractivity contribution is -0.141. The molecule has 0 aliphatic heterocycles. The van der Waals surface area contributed by atoms with Crippen molar-refractivity contribution < 1.29 is 9.90 Å². The summed E-state index contributed by atoms with van der Waals surface area (Å²) in [6, 6.07) is 6.23. The zero-order valence-corrected chi connectivity index (χ0v) is 11.1.